The molecule has 1 saturated heterocycles. The van der Waals surface area contributed by atoms with E-state index in [0.29, 0.717) is 24.9 Å². The fraction of sp³-hybridized carbons (Fsp3) is 0.263. The van der Waals surface area contributed by atoms with E-state index in [1.54, 1.807) is 0 Å². The predicted molar refractivity (Wildman–Crippen MR) is 93.4 cm³/mol. The molecule has 0 saturated carbocycles. The van der Waals surface area contributed by atoms with Gasteiger partial charge in [0.25, 0.3) is 5.88 Å². The van der Waals surface area contributed by atoms with Crippen LogP contribution < -0.4 is 4.74 Å². The Morgan fingerprint density at radius 2 is 2.00 bits per heavy atom. The zero-order valence-electron chi connectivity index (χ0n) is 14.7. The van der Waals surface area contributed by atoms with Crippen LogP contribution in [-0.4, -0.2) is 45.2 Å². The van der Waals surface area contributed by atoms with Crippen LogP contribution in [0.25, 0.3) is 11.5 Å². The molecule has 0 spiro atoms. The zero-order chi connectivity index (χ0) is 19.5. The van der Waals surface area contributed by atoms with E-state index >= 15 is 0 Å². The number of hydrogen-bond donors (Lipinski definition) is 0. The van der Waals surface area contributed by atoms with Crippen molar-refractivity contribution in [3.8, 4) is 17.3 Å². The van der Waals surface area contributed by atoms with E-state index in [4.69, 9.17) is 9.15 Å². The molecular formula is C19H16F2N4O3. The summed E-state index contributed by atoms with van der Waals surface area (Å²) in [4.78, 5) is 18.1. The highest BCUT2D eigenvalue weighted by Crippen LogP contribution is 2.22. The third-order valence-electron chi connectivity index (χ3n) is 4.37. The second-order valence-corrected chi connectivity index (χ2v) is 6.34. The number of halogens is 2. The summed E-state index contributed by atoms with van der Waals surface area (Å²) >= 11 is 0. The normalized spacial score (nSPS) is 16.8. The van der Waals surface area contributed by atoms with E-state index in [2.05, 4.69) is 15.2 Å². The first-order valence-corrected chi connectivity index (χ1v) is 8.76. The van der Waals surface area contributed by atoms with Crippen molar-refractivity contribution in [1.82, 2.24) is 20.1 Å². The molecule has 1 fully saturated rings. The molecule has 0 radical (unpaired) electrons. The molecule has 0 aliphatic carbocycles. The van der Waals surface area contributed by atoms with Gasteiger partial charge in [-0.15, -0.1) is 10.2 Å². The quantitative estimate of drug-likeness (QED) is 0.685. The van der Waals surface area contributed by atoms with Crippen LogP contribution in [0, 0.1) is 11.6 Å². The molecule has 1 aromatic carbocycles. The number of aromatic nitrogens is 3. The molecule has 7 nitrogen and oxygen atoms in total. The summed E-state index contributed by atoms with van der Waals surface area (Å²) in [6.07, 6.45) is 2.41. The second-order valence-electron chi connectivity index (χ2n) is 6.34. The number of piperidine rings is 1. The highest BCUT2D eigenvalue weighted by atomic mass is 19.1. The Labute approximate surface area is 159 Å². The highest BCUT2D eigenvalue weighted by molar-refractivity contribution is 5.89. The topological polar surface area (TPSA) is 81.4 Å². The highest BCUT2D eigenvalue weighted by Gasteiger charge is 2.29. The van der Waals surface area contributed by atoms with Gasteiger partial charge in [0.1, 0.15) is 11.9 Å². The van der Waals surface area contributed by atoms with E-state index in [1.807, 2.05) is 0 Å². The number of rotatable bonds is 4. The average molecular weight is 386 g/mol. The molecule has 2 aromatic heterocycles. The molecule has 9 heteroatoms. The van der Waals surface area contributed by atoms with E-state index in [9.17, 15) is 13.6 Å². The third-order valence-corrected chi connectivity index (χ3v) is 4.37. The Morgan fingerprint density at radius 3 is 2.79 bits per heavy atom. The molecule has 4 rings (SSSR count). The Morgan fingerprint density at radius 1 is 1.18 bits per heavy atom. The van der Waals surface area contributed by atoms with Crippen LogP contribution in [0.5, 0.6) is 5.88 Å². The summed E-state index contributed by atoms with van der Waals surface area (Å²) in [6, 6.07) is 8.26. The van der Waals surface area contributed by atoms with Crippen molar-refractivity contribution in [2.45, 2.75) is 18.9 Å². The molecule has 28 heavy (non-hydrogen) atoms. The van der Waals surface area contributed by atoms with Gasteiger partial charge in [-0.2, -0.15) is 0 Å². The number of hydrogen-bond acceptors (Lipinski definition) is 6. The maximum Gasteiger partial charge on any atom is 0.311 e. The number of carbonyl (C=O) groups is 1. The van der Waals surface area contributed by atoms with Gasteiger partial charge in [-0.05, 0) is 49.2 Å². The zero-order valence-corrected chi connectivity index (χ0v) is 14.7. The first kappa shape index (κ1) is 18.0. The molecule has 1 atom stereocenters. The smallest absolute Gasteiger partial charge is 0.311 e. The molecule has 0 bridgehead atoms. The van der Waals surface area contributed by atoms with Gasteiger partial charge in [-0.3, -0.25) is 4.79 Å². The van der Waals surface area contributed by atoms with Crippen molar-refractivity contribution in [3.05, 3.63) is 60.1 Å². The SMILES string of the molecule is O=C(c1nnc(-c2ccc(F)cc2)o1)N1CCCC(Oc2ncccc2F)C1. The van der Waals surface area contributed by atoms with Crippen molar-refractivity contribution in [2.75, 3.05) is 13.1 Å². The lowest BCUT2D eigenvalue weighted by Gasteiger charge is -2.31. The molecule has 144 valence electrons. The number of pyridine rings is 1. The van der Waals surface area contributed by atoms with E-state index in [-0.39, 0.29) is 36.1 Å². The number of ether oxygens (including phenoxy) is 1. The van der Waals surface area contributed by atoms with Crippen molar-refractivity contribution in [3.63, 3.8) is 0 Å². The van der Waals surface area contributed by atoms with Gasteiger partial charge in [-0.25, -0.2) is 13.8 Å². The van der Waals surface area contributed by atoms with E-state index in [1.165, 1.54) is 47.5 Å². The fourth-order valence-electron chi connectivity index (χ4n) is 2.99. The van der Waals surface area contributed by atoms with Crippen LogP contribution in [0.2, 0.25) is 0 Å². The van der Waals surface area contributed by atoms with Crippen LogP contribution in [0.1, 0.15) is 23.5 Å². The number of nitrogens with zero attached hydrogens (tertiary/aromatic N) is 4. The minimum atomic E-state index is -0.549. The summed E-state index contributed by atoms with van der Waals surface area (Å²) in [5, 5.41) is 7.65. The maximum absolute atomic E-state index is 13.7. The molecule has 3 heterocycles. The first-order valence-electron chi connectivity index (χ1n) is 8.76. The molecule has 3 aromatic rings. The Balaban J connectivity index is 1.44. The van der Waals surface area contributed by atoms with Gasteiger partial charge in [0.2, 0.25) is 5.89 Å². The van der Waals surface area contributed by atoms with Gasteiger partial charge in [0.15, 0.2) is 5.82 Å². The van der Waals surface area contributed by atoms with Gasteiger partial charge >= 0.3 is 11.8 Å². The largest absolute Gasteiger partial charge is 0.470 e. The van der Waals surface area contributed by atoms with Crippen LogP contribution in [0.15, 0.2) is 47.0 Å². The molecule has 1 aliphatic rings. The summed E-state index contributed by atoms with van der Waals surface area (Å²) in [7, 11) is 0. The summed E-state index contributed by atoms with van der Waals surface area (Å²) in [6.45, 7) is 0.751. The minimum Gasteiger partial charge on any atom is -0.470 e. The second kappa shape index (κ2) is 7.71. The predicted octanol–water partition coefficient (Wildman–Crippen LogP) is 3.09. The molecule has 1 unspecified atom stereocenters. The number of benzene rings is 1. The van der Waals surface area contributed by atoms with Gasteiger partial charge in [0, 0.05) is 18.3 Å². The van der Waals surface area contributed by atoms with Crippen LogP contribution in [0.4, 0.5) is 8.78 Å². The average Bonchev–Trinajstić information content (AvgIpc) is 3.20. The molecular weight excluding hydrogens is 370 g/mol. The maximum atomic E-state index is 13.7. The van der Waals surface area contributed by atoms with Crippen LogP contribution in [-0.2, 0) is 0 Å². The summed E-state index contributed by atoms with van der Waals surface area (Å²) in [5.74, 6) is -1.49. The van der Waals surface area contributed by atoms with Crippen LogP contribution >= 0.6 is 0 Å². The monoisotopic (exact) mass is 386 g/mol. The lowest BCUT2D eigenvalue weighted by Crippen LogP contribution is -2.44. The molecule has 1 amide bonds. The molecule has 1 aliphatic heterocycles. The number of likely N-dealkylation sites (tertiary alicyclic amines) is 1. The fourth-order valence-corrected chi connectivity index (χ4v) is 2.99. The Bertz CT molecular complexity index is 977. The number of amides is 1. The van der Waals surface area contributed by atoms with Gasteiger partial charge < -0.3 is 14.1 Å². The van der Waals surface area contributed by atoms with Crippen LogP contribution in [0.3, 0.4) is 0 Å². The molecule has 0 N–H and O–H groups in total. The van der Waals surface area contributed by atoms with Crippen molar-refractivity contribution >= 4 is 5.91 Å². The summed E-state index contributed by atoms with van der Waals surface area (Å²) < 4.78 is 37.8. The van der Waals surface area contributed by atoms with Crippen molar-refractivity contribution < 1.29 is 22.7 Å². The van der Waals surface area contributed by atoms with Gasteiger partial charge in [0.05, 0.1) is 6.54 Å². The van der Waals surface area contributed by atoms with E-state index < -0.39 is 11.7 Å². The standard InChI is InChI=1S/C19H16F2N4O3/c20-13-7-5-12(6-8-13)16-23-24-18(28-16)19(26)25-10-2-3-14(11-25)27-17-15(21)4-1-9-22-17/h1,4-9,14H,2-3,10-11H2. The first-order chi connectivity index (χ1) is 13.6. The Hall–Kier alpha value is -3.36. The van der Waals surface area contributed by atoms with Crippen molar-refractivity contribution in [2.24, 2.45) is 0 Å². The summed E-state index contributed by atoms with van der Waals surface area (Å²) in [5.41, 5.74) is 0.512. The number of carbonyl (C=O) groups excluding carboxylic acids is 1. The lowest BCUT2D eigenvalue weighted by atomic mass is 10.1. The lowest BCUT2D eigenvalue weighted by molar-refractivity contribution is 0.0485. The van der Waals surface area contributed by atoms with Crippen molar-refractivity contribution in [1.29, 1.82) is 0 Å². The van der Waals surface area contributed by atoms with Gasteiger partial charge in [-0.1, -0.05) is 0 Å². The minimum absolute atomic E-state index is 0.0850. The Kier molecular flexibility index (Phi) is 4.96. The van der Waals surface area contributed by atoms with E-state index in [0.717, 1.165) is 0 Å². The third kappa shape index (κ3) is 3.83.